The number of hydrogen-bond donors (Lipinski definition) is 1. The van der Waals surface area contributed by atoms with Gasteiger partial charge in [-0.25, -0.2) is 4.83 Å². The van der Waals surface area contributed by atoms with E-state index in [1.807, 2.05) is 11.8 Å². The smallest absolute Gasteiger partial charge is 0.311 e. The lowest BCUT2D eigenvalue weighted by molar-refractivity contribution is -0.141. The third kappa shape index (κ3) is 5.09. The molecule has 0 unspecified atom stereocenters. The summed E-state index contributed by atoms with van der Waals surface area (Å²) in [5.74, 6) is -0.458. The Hall–Kier alpha value is -1.89. The Morgan fingerprint density at radius 2 is 2.00 bits per heavy atom. The van der Waals surface area contributed by atoms with Crippen molar-refractivity contribution >= 4 is 22.2 Å². The molecule has 1 rings (SSSR count). The Kier molecular flexibility index (Phi) is 5.50. The number of rotatable bonds is 6. The summed E-state index contributed by atoms with van der Waals surface area (Å²) in [7, 11) is -3.69. The van der Waals surface area contributed by atoms with Gasteiger partial charge >= 0.3 is 5.97 Å². The molecular formula is C12H16N2O4S. The summed E-state index contributed by atoms with van der Waals surface area (Å²) < 4.78 is 28.2. The van der Waals surface area contributed by atoms with E-state index >= 15 is 0 Å². The highest BCUT2D eigenvalue weighted by Crippen LogP contribution is 2.09. The van der Waals surface area contributed by atoms with Gasteiger partial charge in [0.05, 0.1) is 17.9 Å². The van der Waals surface area contributed by atoms with Crippen LogP contribution in [0.25, 0.3) is 0 Å². The first-order valence-electron chi connectivity index (χ1n) is 5.71. The van der Waals surface area contributed by atoms with Crippen molar-refractivity contribution in [2.75, 3.05) is 6.61 Å². The Morgan fingerprint density at radius 3 is 2.58 bits per heavy atom. The highest BCUT2D eigenvalue weighted by atomic mass is 32.2. The second-order valence-electron chi connectivity index (χ2n) is 3.73. The fourth-order valence-electron chi connectivity index (χ4n) is 1.22. The predicted molar refractivity (Wildman–Crippen MR) is 71.2 cm³/mol. The summed E-state index contributed by atoms with van der Waals surface area (Å²) in [5.41, 5.74) is 0.963. The van der Waals surface area contributed by atoms with Gasteiger partial charge in [-0.3, -0.25) is 4.79 Å². The number of hydrazone groups is 1. The van der Waals surface area contributed by atoms with Crippen LogP contribution in [0.3, 0.4) is 0 Å². The van der Waals surface area contributed by atoms with Crippen molar-refractivity contribution in [1.29, 1.82) is 0 Å². The van der Waals surface area contributed by atoms with Crippen molar-refractivity contribution in [3.8, 4) is 0 Å². The van der Waals surface area contributed by atoms with Crippen LogP contribution in [0.5, 0.6) is 0 Å². The third-order valence-corrected chi connectivity index (χ3v) is 3.40. The minimum atomic E-state index is -3.69. The van der Waals surface area contributed by atoms with Crippen molar-refractivity contribution in [2.24, 2.45) is 5.10 Å². The summed E-state index contributed by atoms with van der Waals surface area (Å²) in [6, 6.07) is 6.35. The van der Waals surface area contributed by atoms with Crippen LogP contribution >= 0.6 is 0 Å². The number of aryl methyl sites for hydroxylation is 1. The van der Waals surface area contributed by atoms with Crippen LogP contribution in [0.1, 0.15) is 18.9 Å². The molecule has 7 heteroatoms. The van der Waals surface area contributed by atoms with E-state index in [2.05, 4.69) is 9.84 Å². The minimum absolute atomic E-state index is 0.0791. The molecule has 1 aromatic rings. The molecule has 0 aromatic heterocycles. The molecule has 0 atom stereocenters. The number of esters is 1. The zero-order valence-corrected chi connectivity index (χ0v) is 11.6. The second-order valence-corrected chi connectivity index (χ2v) is 5.39. The molecule has 0 heterocycles. The Morgan fingerprint density at radius 1 is 1.37 bits per heavy atom. The molecule has 0 aliphatic carbocycles. The number of carbonyl (C=O) groups is 1. The molecule has 0 aliphatic rings. The number of ether oxygens (including phenoxy) is 1. The normalized spacial score (nSPS) is 11.5. The quantitative estimate of drug-likeness (QED) is 0.483. The second kappa shape index (κ2) is 6.89. The maximum atomic E-state index is 11.8. The predicted octanol–water partition coefficient (Wildman–Crippen LogP) is 1.21. The average Bonchev–Trinajstić information content (AvgIpc) is 2.36. The molecule has 0 saturated heterocycles. The fourth-order valence-corrected chi connectivity index (χ4v) is 2.03. The third-order valence-electron chi connectivity index (χ3n) is 2.16. The fraction of sp³-hybridized carbons (Fsp3) is 0.333. The minimum Gasteiger partial charge on any atom is -0.466 e. The molecular weight excluding hydrogens is 268 g/mol. The number of nitrogens with zero attached hydrogens (tertiary/aromatic N) is 1. The maximum absolute atomic E-state index is 11.8. The lowest BCUT2D eigenvalue weighted by atomic mass is 10.2. The molecule has 0 fully saturated rings. The highest BCUT2D eigenvalue weighted by molar-refractivity contribution is 7.89. The molecule has 0 spiro atoms. The number of carbonyl (C=O) groups excluding carboxylic acids is 1. The van der Waals surface area contributed by atoms with Gasteiger partial charge in [-0.2, -0.15) is 13.5 Å². The van der Waals surface area contributed by atoms with Crippen LogP contribution in [-0.4, -0.2) is 27.2 Å². The van der Waals surface area contributed by atoms with Crippen molar-refractivity contribution in [2.45, 2.75) is 25.2 Å². The van der Waals surface area contributed by atoms with E-state index in [1.54, 1.807) is 19.1 Å². The first-order valence-corrected chi connectivity index (χ1v) is 7.19. The van der Waals surface area contributed by atoms with Crippen LogP contribution in [0, 0.1) is 6.92 Å². The van der Waals surface area contributed by atoms with Crippen molar-refractivity contribution in [1.82, 2.24) is 4.83 Å². The van der Waals surface area contributed by atoms with Crippen LogP contribution in [-0.2, 0) is 19.6 Å². The lowest BCUT2D eigenvalue weighted by Crippen LogP contribution is -2.18. The number of benzene rings is 1. The van der Waals surface area contributed by atoms with Gasteiger partial charge in [-0.05, 0) is 26.0 Å². The molecule has 0 radical (unpaired) electrons. The number of nitrogens with one attached hydrogen (secondary N) is 1. The van der Waals surface area contributed by atoms with E-state index in [0.717, 1.165) is 11.8 Å². The molecule has 1 aromatic carbocycles. The van der Waals surface area contributed by atoms with Gasteiger partial charge in [-0.1, -0.05) is 17.7 Å². The monoisotopic (exact) mass is 284 g/mol. The first kappa shape index (κ1) is 15.2. The van der Waals surface area contributed by atoms with Gasteiger partial charge in [0.1, 0.15) is 0 Å². The van der Waals surface area contributed by atoms with Gasteiger partial charge in [0.2, 0.25) is 0 Å². The molecule has 0 bridgehead atoms. The molecule has 0 saturated carbocycles. The number of hydrogen-bond acceptors (Lipinski definition) is 5. The van der Waals surface area contributed by atoms with Crippen LogP contribution < -0.4 is 4.83 Å². The Balaban J connectivity index is 2.58. The van der Waals surface area contributed by atoms with Gasteiger partial charge < -0.3 is 4.74 Å². The van der Waals surface area contributed by atoms with Gasteiger partial charge in [-0.15, -0.1) is 0 Å². The largest absolute Gasteiger partial charge is 0.466 e. The van der Waals surface area contributed by atoms with E-state index in [-0.39, 0.29) is 17.9 Å². The van der Waals surface area contributed by atoms with E-state index < -0.39 is 16.0 Å². The Labute approximate surface area is 112 Å². The summed E-state index contributed by atoms with van der Waals surface area (Å²) >= 11 is 0. The van der Waals surface area contributed by atoms with E-state index in [0.29, 0.717) is 0 Å². The summed E-state index contributed by atoms with van der Waals surface area (Å²) in [4.78, 5) is 13.1. The summed E-state index contributed by atoms with van der Waals surface area (Å²) in [5, 5.41) is 3.50. The molecule has 6 nitrogen and oxygen atoms in total. The maximum Gasteiger partial charge on any atom is 0.311 e. The van der Waals surface area contributed by atoms with Crippen molar-refractivity contribution < 1.29 is 17.9 Å². The van der Waals surface area contributed by atoms with Gasteiger partial charge in [0, 0.05) is 6.21 Å². The van der Waals surface area contributed by atoms with E-state index in [9.17, 15) is 13.2 Å². The van der Waals surface area contributed by atoms with Crippen LogP contribution in [0.4, 0.5) is 0 Å². The zero-order valence-electron chi connectivity index (χ0n) is 10.8. The zero-order chi connectivity index (χ0) is 14.3. The molecule has 19 heavy (non-hydrogen) atoms. The first-order chi connectivity index (χ1) is 8.95. The highest BCUT2D eigenvalue weighted by Gasteiger charge is 2.11. The van der Waals surface area contributed by atoms with Gasteiger partial charge in [0.25, 0.3) is 10.0 Å². The summed E-state index contributed by atoms with van der Waals surface area (Å²) in [6.45, 7) is 3.83. The van der Waals surface area contributed by atoms with Gasteiger partial charge in [0.15, 0.2) is 0 Å². The van der Waals surface area contributed by atoms with E-state index in [1.165, 1.54) is 12.1 Å². The van der Waals surface area contributed by atoms with Crippen molar-refractivity contribution in [3.05, 3.63) is 29.8 Å². The molecule has 104 valence electrons. The SMILES string of the molecule is CCOC(=O)C/C=N/NS(=O)(=O)c1ccc(C)cc1. The van der Waals surface area contributed by atoms with Crippen molar-refractivity contribution in [3.63, 3.8) is 0 Å². The standard InChI is InChI=1S/C12H16N2O4S/c1-3-18-12(15)8-9-13-14-19(16,17)11-6-4-10(2)5-7-11/h4-7,9,14H,3,8H2,1-2H3/b13-9+. The molecule has 0 aliphatic heterocycles. The number of sulfonamides is 1. The average molecular weight is 284 g/mol. The summed E-state index contributed by atoms with van der Waals surface area (Å²) in [6.07, 6.45) is 1.08. The lowest BCUT2D eigenvalue weighted by Gasteiger charge is -2.03. The van der Waals surface area contributed by atoms with Crippen LogP contribution in [0.2, 0.25) is 0 Å². The van der Waals surface area contributed by atoms with Crippen LogP contribution in [0.15, 0.2) is 34.3 Å². The Bertz CT molecular complexity index is 550. The topological polar surface area (TPSA) is 84.8 Å². The van der Waals surface area contributed by atoms with E-state index in [4.69, 9.17) is 0 Å². The molecule has 0 amide bonds. The molecule has 1 N–H and O–H groups in total.